The number of ether oxygens (including phenoxy) is 2. The van der Waals surface area contributed by atoms with Gasteiger partial charge in [0.25, 0.3) is 0 Å². The van der Waals surface area contributed by atoms with E-state index >= 15 is 0 Å². The van der Waals surface area contributed by atoms with Crippen LogP contribution in [0.1, 0.15) is 6.42 Å². The van der Waals surface area contributed by atoms with E-state index in [-0.39, 0.29) is 5.95 Å². The predicted octanol–water partition coefficient (Wildman–Crippen LogP) is -0.237. The van der Waals surface area contributed by atoms with Crippen molar-refractivity contribution in [2.24, 2.45) is 0 Å². The molecule has 0 bridgehead atoms. The Kier molecular flexibility index (Phi) is 5.31. The highest BCUT2D eigenvalue weighted by Crippen LogP contribution is 2.15. The van der Waals surface area contributed by atoms with E-state index in [9.17, 15) is 0 Å². The molecule has 2 heterocycles. The van der Waals surface area contributed by atoms with E-state index in [2.05, 4.69) is 19.9 Å². The largest absolute Gasteiger partial charge is 0.385 e. The van der Waals surface area contributed by atoms with Crippen molar-refractivity contribution in [1.29, 1.82) is 0 Å². The van der Waals surface area contributed by atoms with E-state index in [1.54, 1.807) is 7.11 Å². The van der Waals surface area contributed by atoms with E-state index in [0.717, 1.165) is 26.1 Å². The van der Waals surface area contributed by atoms with Crippen LogP contribution in [-0.4, -0.2) is 68.6 Å². The van der Waals surface area contributed by atoms with Crippen LogP contribution in [0.2, 0.25) is 0 Å². The molecule has 0 amide bonds. The standard InChI is InChI=1S/C12H22N6O2/c1-17(4-3-7-19-2)11-14-10(13)15-12(16-11)18-5-8-20-9-6-18/h3-9H2,1-2H3,(H2,13,14,15,16). The van der Waals surface area contributed by atoms with Crippen LogP contribution in [0.4, 0.5) is 17.8 Å². The Labute approximate surface area is 118 Å². The van der Waals surface area contributed by atoms with Gasteiger partial charge in [0.2, 0.25) is 17.8 Å². The second-order valence-corrected chi connectivity index (χ2v) is 4.66. The first-order chi connectivity index (χ1) is 9.70. The maximum absolute atomic E-state index is 5.79. The topological polar surface area (TPSA) is 89.6 Å². The first-order valence-corrected chi connectivity index (χ1v) is 6.75. The van der Waals surface area contributed by atoms with Crippen molar-refractivity contribution < 1.29 is 9.47 Å². The van der Waals surface area contributed by atoms with Crippen molar-refractivity contribution in [3.05, 3.63) is 0 Å². The highest BCUT2D eigenvalue weighted by atomic mass is 16.5. The van der Waals surface area contributed by atoms with E-state index < -0.39 is 0 Å². The molecule has 8 heteroatoms. The van der Waals surface area contributed by atoms with Crippen molar-refractivity contribution in [3.8, 4) is 0 Å². The fourth-order valence-corrected chi connectivity index (χ4v) is 1.99. The van der Waals surface area contributed by atoms with Gasteiger partial charge in [-0.15, -0.1) is 0 Å². The summed E-state index contributed by atoms with van der Waals surface area (Å²) in [5, 5.41) is 0. The zero-order chi connectivity index (χ0) is 14.4. The Morgan fingerprint density at radius 3 is 2.75 bits per heavy atom. The van der Waals surface area contributed by atoms with Crippen molar-refractivity contribution in [3.63, 3.8) is 0 Å². The number of rotatable bonds is 6. The second kappa shape index (κ2) is 7.20. The van der Waals surface area contributed by atoms with Gasteiger partial charge in [-0.2, -0.15) is 15.0 Å². The fraction of sp³-hybridized carbons (Fsp3) is 0.750. The summed E-state index contributed by atoms with van der Waals surface area (Å²) < 4.78 is 10.4. The van der Waals surface area contributed by atoms with Gasteiger partial charge in [-0.25, -0.2) is 0 Å². The maximum Gasteiger partial charge on any atom is 0.232 e. The number of nitrogens with zero attached hydrogens (tertiary/aromatic N) is 5. The molecule has 20 heavy (non-hydrogen) atoms. The van der Waals surface area contributed by atoms with Gasteiger partial charge in [0, 0.05) is 40.4 Å². The summed E-state index contributed by atoms with van der Waals surface area (Å²) in [6.45, 7) is 4.43. The summed E-state index contributed by atoms with van der Waals surface area (Å²) in [6, 6.07) is 0. The monoisotopic (exact) mass is 282 g/mol. The van der Waals surface area contributed by atoms with Gasteiger partial charge in [0.15, 0.2) is 0 Å². The van der Waals surface area contributed by atoms with Gasteiger partial charge in [-0.05, 0) is 6.42 Å². The highest BCUT2D eigenvalue weighted by Gasteiger charge is 2.17. The summed E-state index contributed by atoms with van der Waals surface area (Å²) in [5.41, 5.74) is 5.79. The van der Waals surface area contributed by atoms with Gasteiger partial charge < -0.3 is 25.0 Å². The van der Waals surface area contributed by atoms with Gasteiger partial charge in [-0.1, -0.05) is 0 Å². The van der Waals surface area contributed by atoms with E-state index in [1.807, 2.05) is 11.9 Å². The smallest absolute Gasteiger partial charge is 0.232 e. The van der Waals surface area contributed by atoms with Crippen molar-refractivity contribution in [2.75, 3.05) is 69.1 Å². The zero-order valence-corrected chi connectivity index (χ0v) is 12.1. The van der Waals surface area contributed by atoms with Crippen molar-refractivity contribution >= 4 is 17.8 Å². The molecule has 0 unspecified atom stereocenters. The molecule has 2 N–H and O–H groups in total. The summed E-state index contributed by atoms with van der Waals surface area (Å²) in [5.74, 6) is 1.46. The Morgan fingerprint density at radius 2 is 2.05 bits per heavy atom. The average molecular weight is 282 g/mol. The molecule has 0 atom stereocenters. The van der Waals surface area contributed by atoms with Crippen LogP contribution < -0.4 is 15.5 Å². The minimum Gasteiger partial charge on any atom is -0.385 e. The van der Waals surface area contributed by atoms with Crippen LogP contribution in [0.25, 0.3) is 0 Å². The second-order valence-electron chi connectivity index (χ2n) is 4.66. The van der Waals surface area contributed by atoms with Gasteiger partial charge in [-0.3, -0.25) is 0 Å². The summed E-state index contributed by atoms with van der Waals surface area (Å²) in [6.07, 6.45) is 0.908. The fourth-order valence-electron chi connectivity index (χ4n) is 1.99. The Hall–Kier alpha value is -1.67. The predicted molar refractivity (Wildman–Crippen MR) is 77.0 cm³/mol. The number of methoxy groups -OCH3 is 1. The van der Waals surface area contributed by atoms with E-state index in [1.165, 1.54) is 0 Å². The van der Waals surface area contributed by atoms with E-state index in [4.69, 9.17) is 15.2 Å². The average Bonchev–Trinajstić information content (AvgIpc) is 2.47. The lowest BCUT2D eigenvalue weighted by molar-refractivity contribution is 0.122. The molecule has 1 saturated heterocycles. The normalized spacial score (nSPS) is 15.4. The van der Waals surface area contributed by atoms with Crippen LogP contribution >= 0.6 is 0 Å². The molecule has 1 fully saturated rings. The van der Waals surface area contributed by atoms with Crippen LogP contribution in [-0.2, 0) is 9.47 Å². The van der Waals surface area contributed by atoms with Crippen molar-refractivity contribution in [1.82, 2.24) is 15.0 Å². The number of nitrogens with two attached hydrogens (primary N) is 1. The number of morpholine rings is 1. The highest BCUT2D eigenvalue weighted by molar-refractivity contribution is 5.43. The number of anilines is 3. The quantitative estimate of drug-likeness (QED) is 0.715. The third-order valence-corrected chi connectivity index (χ3v) is 3.11. The maximum atomic E-state index is 5.79. The molecule has 0 aliphatic carbocycles. The lowest BCUT2D eigenvalue weighted by atomic mass is 10.4. The molecule has 2 rings (SSSR count). The van der Waals surface area contributed by atoms with Crippen LogP contribution in [0.15, 0.2) is 0 Å². The van der Waals surface area contributed by atoms with Gasteiger partial charge in [0.05, 0.1) is 13.2 Å². The Morgan fingerprint density at radius 1 is 1.30 bits per heavy atom. The van der Waals surface area contributed by atoms with Crippen LogP contribution in [0, 0.1) is 0 Å². The minimum atomic E-state index is 0.245. The third kappa shape index (κ3) is 3.91. The molecular formula is C12H22N6O2. The van der Waals surface area contributed by atoms with E-state index in [0.29, 0.717) is 31.7 Å². The number of hydrogen-bond acceptors (Lipinski definition) is 8. The third-order valence-electron chi connectivity index (χ3n) is 3.11. The first kappa shape index (κ1) is 14.7. The van der Waals surface area contributed by atoms with Crippen molar-refractivity contribution in [2.45, 2.75) is 6.42 Å². The molecule has 0 radical (unpaired) electrons. The van der Waals surface area contributed by atoms with Gasteiger partial charge >= 0.3 is 0 Å². The van der Waals surface area contributed by atoms with Crippen LogP contribution in [0.3, 0.4) is 0 Å². The molecule has 112 valence electrons. The molecule has 0 spiro atoms. The lowest BCUT2D eigenvalue weighted by Crippen LogP contribution is -2.38. The first-order valence-electron chi connectivity index (χ1n) is 6.75. The SMILES string of the molecule is COCCCN(C)c1nc(N)nc(N2CCOCC2)n1. The summed E-state index contributed by atoms with van der Waals surface area (Å²) in [4.78, 5) is 16.9. The molecule has 1 aliphatic heterocycles. The molecular weight excluding hydrogens is 260 g/mol. The Bertz CT molecular complexity index is 424. The minimum absolute atomic E-state index is 0.245. The summed E-state index contributed by atoms with van der Waals surface area (Å²) in [7, 11) is 3.63. The lowest BCUT2D eigenvalue weighted by Gasteiger charge is -2.27. The number of nitrogen functional groups attached to an aromatic ring is 1. The van der Waals surface area contributed by atoms with Gasteiger partial charge in [0.1, 0.15) is 0 Å². The summed E-state index contributed by atoms with van der Waals surface area (Å²) >= 11 is 0. The number of aromatic nitrogens is 3. The molecule has 1 aromatic heterocycles. The molecule has 8 nitrogen and oxygen atoms in total. The number of hydrogen-bond donors (Lipinski definition) is 1. The molecule has 0 saturated carbocycles. The molecule has 0 aromatic carbocycles. The molecule has 1 aromatic rings. The Balaban J connectivity index is 2.07. The molecule has 1 aliphatic rings. The zero-order valence-electron chi connectivity index (χ0n) is 12.1. The van der Waals surface area contributed by atoms with Crippen LogP contribution in [0.5, 0.6) is 0 Å².